The summed E-state index contributed by atoms with van der Waals surface area (Å²) in [5, 5.41) is 2.73. The van der Waals surface area contributed by atoms with Crippen molar-refractivity contribution in [2.75, 3.05) is 33.2 Å². The van der Waals surface area contributed by atoms with Crippen LogP contribution in [0.3, 0.4) is 0 Å². The van der Waals surface area contributed by atoms with Crippen molar-refractivity contribution in [2.45, 2.75) is 26.2 Å². The highest BCUT2D eigenvalue weighted by Crippen LogP contribution is 2.15. The van der Waals surface area contributed by atoms with Gasteiger partial charge < -0.3 is 15.1 Å². The van der Waals surface area contributed by atoms with Crippen molar-refractivity contribution in [1.29, 1.82) is 0 Å². The molecule has 1 saturated heterocycles. The van der Waals surface area contributed by atoms with Crippen LogP contribution >= 0.6 is 0 Å². The fourth-order valence-corrected chi connectivity index (χ4v) is 2.72. The maximum atomic E-state index is 12.1. The monoisotopic (exact) mass is 318 g/mol. The maximum absolute atomic E-state index is 12.1. The number of rotatable bonds is 5. The van der Waals surface area contributed by atoms with E-state index < -0.39 is 0 Å². The highest BCUT2D eigenvalue weighted by molar-refractivity contribution is 5.83. The van der Waals surface area contributed by atoms with Crippen LogP contribution in [0.2, 0.25) is 0 Å². The molecule has 1 aromatic heterocycles. The molecule has 0 radical (unpaired) electrons. The molecule has 3 amide bonds. The van der Waals surface area contributed by atoms with Crippen molar-refractivity contribution in [2.24, 2.45) is 5.92 Å². The third-order valence-electron chi connectivity index (χ3n) is 4.19. The van der Waals surface area contributed by atoms with Gasteiger partial charge in [0.15, 0.2) is 0 Å². The molecular weight excluding hydrogens is 292 g/mol. The number of nitrogens with one attached hydrogen (secondary N) is 1. The highest BCUT2D eigenvalue weighted by Gasteiger charge is 2.21. The molecule has 2 rings (SSSR count). The van der Waals surface area contributed by atoms with Gasteiger partial charge in [0.2, 0.25) is 5.91 Å². The normalized spacial score (nSPS) is 17.7. The van der Waals surface area contributed by atoms with Gasteiger partial charge in [0.1, 0.15) is 0 Å². The Labute approximate surface area is 137 Å². The summed E-state index contributed by atoms with van der Waals surface area (Å²) in [6.07, 6.45) is 4.66. The quantitative estimate of drug-likeness (QED) is 0.895. The summed E-state index contributed by atoms with van der Waals surface area (Å²) >= 11 is 0. The number of urea groups is 1. The Morgan fingerprint density at radius 1 is 1.43 bits per heavy atom. The molecule has 1 unspecified atom stereocenters. The van der Waals surface area contributed by atoms with Crippen LogP contribution in [-0.2, 0) is 11.2 Å². The molecule has 6 heteroatoms. The van der Waals surface area contributed by atoms with Gasteiger partial charge in [0.25, 0.3) is 0 Å². The van der Waals surface area contributed by atoms with Gasteiger partial charge in [0, 0.05) is 45.0 Å². The number of nitrogens with zero attached hydrogens (tertiary/aromatic N) is 3. The van der Waals surface area contributed by atoms with Crippen LogP contribution in [0.5, 0.6) is 0 Å². The second kappa shape index (κ2) is 8.50. The Morgan fingerprint density at radius 3 is 2.96 bits per heavy atom. The van der Waals surface area contributed by atoms with E-state index in [2.05, 4.69) is 17.2 Å². The number of piperidine rings is 1. The molecule has 0 saturated carbocycles. The van der Waals surface area contributed by atoms with Crippen molar-refractivity contribution in [3.05, 3.63) is 30.1 Å². The van der Waals surface area contributed by atoms with Crippen molar-refractivity contribution in [3.63, 3.8) is 0 Å². The van der Waals surface area contributed by atoms with Crippen molar-refractivity contribution < 1.29 is 9.59 Å². The smallest absolute Gasteiger partial charge is 0.317 e. The number of aromatic nitrogens is 1. The summed E-state index contributed by atoms with van der Waals surface area (Å²) in [6, 6.07) is 5.61. The minimum atomic E-state index is -0.136. The van der Waals surface area contributed by atoms with Crippen molar-refractivity contribution in [1.82, 2.24) is 20.1 Å². The second-order valence-electron chi connectivity index (χ2n) is 6.24. The molecule has 0 aromatic carbocycles. The number of likely N-dealkylation sites (tertiary alicyclic amines) is 1. The Hall–Kier alpha value is -2.11. The number of carbonyl (C=O) groups is 2. The molecule has 1 N–H and O–H groups in total. The zero-order chi connectivity index (χ0) is 16.7. The molecule has 0 aliphatic carbocycles. The predicted octanol–water partition coefficient (Wildman–Crippen LogP) is 1.52. The predicted molar refractivity (Wildman–Crippen MR) is 88.9 cm³/mol. The number of amides is 3. The van der Waals surface area contributed by atoms with Crippen LogP contribution in [0, 0.1) is 5.92 Å². The highest BCUT2D eigenvalue weighted by atomic mass is 16.2. The van der Waals surface area contributed by atoms with E-state index in [-0.39, 0.29) is 18.5 Å². The molecule has 1 aromatic rings. The van der Waals surface area contributed by atoms with E-state index in [9.17, 15) is 9.59 Å². The van der Waals surface area contributed by atoms with Crippen LogP contribution < -0.4 is 5.32 Å². The number of hydrogen-bond acceptors (Lipinski definition) is 3. The third kappa shape index (κ3) is 5.54. The number of carbonyl (C=O) groups excluding carboxylic acids is 2. The van der Waals surface area contributed by atoms with Gasteiger partial charge in [-0.25, -0.2) is 4.79 Å². The first-order chi connectivity index (χ1) is 11.1. The molecule has 2 heterocycles. The summed E-state index contributed by atoms with van der Waals surface area (Å²) in [5.41, 5.74) is 0.957. The Balaban J connectivity index is 1.70. The fourth-order valence-electron chi connectivity index (χ4n) is 2.72. The molecule has 23 heavy (non-hydrogen) atoms. The number of pyridine rings is 1. The van der Waals surface area contributed by atoms with Gasteiger partial charge in [-0.05, 0) is 30.9 Å². The van der Waals surface area contributed by atoms with Crippen molar-refractivity contribution >= 4 is 11.9 Å². The summed E-state index contributed by atoms with van der Waals surface area (Å²) in [5.74, 6) is 0.450. The lowest BCUT2D eigenvalue weighted by Gasteiger charge is -2.31. The average Bonchev–Trinajstić information content (AvgIpc) is 2.58. The first-order valence-electron chi connectivity index (χ1n) is 8.23. The van der Waals surface area contributed by atoms with Gasteiger partial charge in [0.05, 0.1) is 6.54 Å². The first kappa shape index (κ1) is 17.2. The Morgan fingerprint density at radius 2 is 2.26 bits per heavy atom. The molecule has 0 bridgehead atoms. The van der Waals surface area contributed by atoms with Crippen molar-refractivity contribution in [3.8, 4) is 0 Å². The summed E-state index contributed by atoms with van der Waals surface area (Å²) in [6.45, 7) is 4.33. The molecule has 1 fully saturated rings. The molecular formula is C17H26N4O2. The average molecular weight is 318 g/mol. The van der Waals surface area contributed by atoms with E-state index in [4.69, 9.17) is 0 Å². The summed E-state index contributed by atoms with van der Waals surface area (Å²) < 4.78 is 0. The maximum Gasteiger partial charge on any atom is 0.317 e. The summed E-state index contributed by atoms with van der Waals surface area (Å²) in [4.78, 5) is 31.8. The van der Waals surface area contributed by atoms with E-state index >= 15 is 0 Å². The zero-order valence-electron chi connectivity index (χ0n) is 14.0. The molecule has 1 aliphatic rings. The van der Waals surface area contributed by atoms with Crippen LogP contribution in [-0.4, -0.2) is 59.9 Å². The topological polar surface area (TPSA) is 65.5 Å². The third-order valence-corrected chi connectivity index (χ3v) is 4.19. The molecule has 1 atom stereocenters. The fraction of sp³-hybridized carbons (Fsp3) is 0.588. The molecule has 0 spiro atoms. The van der Waals surface area contributed by atoms with Gasteiger partial charge >= 0.3 is 6.03 Å². The zero-order valence-corrected chi connectivity index (χ0v) is 14.0. The van der Waals surface area contributed by atoms with Gasteiger partial charge in [-0.3, -0.25) is 9.78 Å². The van der Waals surface area contributed by atoms with Crippen LogP contribution in [0.15, 0.2) is 24.4 Å². The van der Waals surface area contributed by atoms with E-state index in [1.165, 1.54) is 6.42 Å². The second-order valence-corrected chi connectivity index (χ2v) is 6.24. The van der Waals surface area contributed by atoms with Crippen LogP contribution in [0.25, 0.3) is 0 Å². The van der Waals surface area contributed by atoms with E-state index in [0.717, 1.165) is 25.2 Å². The summed E-state index contributed by atoms with van der Waals surface area (Å²) in [7, 11) is 1.75. The molecule has 126 valence electrons. The SMILES string of the molecule is CC1CCCN(C(=O)NCC(=O)N(C)CCc2ccccn2)C1. The number of hydrogen-bond donors (Lipinski definition) is 1. The molecule has 1 aliphatic heterocycles. The lowest BCUT2D eigenvalue weighted by molar-refractivity contribution is -0.128. The van der Waals surface area contributed by atoms with E-state index in [1.807, 2.05) is 18.2 Å². The van der Waals surface area contributed by atoms with Gasteiger partial charge in [-0.2, -0.15) is 0 Å². The largest absolute Gasteiger partial charge is 0.344 e. The van der Waals surface area contributed by atoms with Gasteiger partial charge in [-0.1, -0.05) is 13.0 Å². The molecule has 6 nitrogen and oxygen atoms in total. The van der Waals surface area contributed by atoms with Crippen LogP contribution in [0.4, 0.5) is 4.79 Å². The minimum absolute atomic E-state index is 0.0441. The standard InChI is InChI=1S/C17H26N4O2/c1-14-6-5-10-21(13-14)17(23)19-12-16(22)20(2)11-8-15-7-3-4-9-18-15/h3-4,7,9,14H,5-6,8,10-13H2,1-2H3,(H,19,23). The number of likely N-dealkylation sites (N-methyl/N-ethyl adjacent to an activating group) is 1. The Kier molecular flexibility index (Phi) is 6.38. The minimum Gasteiger partial charge on any atom is -0.344 e. The lowest BCUT2D eigenvalue weighted by atomic mass is 10.0. The van der Waals surface area contributed by atoms with E-state index in [0.29, 0.717) is 18.9 Å². The van der Waals surface area contributed by atoms with Gasteiger partial charge in [-0.15, -0.1) is 0 Å². The van der Waals surface area contributed by atoms with E-state index in [1.54, 1.807) is 23.0 Å². The lowest BCUT2D eigenvalue weighted by Crippen LogP contribution is -2.48. The van der Waals surface area contributed by atoms with Crippen LogP contribution in [0.1, 0.15) is 25.5 Å². The Bertz CT molecular complexity index is 521. The first-order valence-corrected chi connectivity index (χ1v) is 8.23.